The summed E-state index contributed by atoms with van der Waals surface area (Å²) in [5.41, 5.74) is 1.18. The minimum atomic E-state index is -0.453. The minimum Gasteiger partial charge on any atom is -0.493 e. The average molecular weight is 332 g/mol. The molecule has 0 spiro atoms. The normalized spacial score (nSPS) is 10.0. The highest BCUT2D eigenvalue weighted by Gasteiger charge is 2.13. The van der Waals surface area contributed by atoms with E-state index in [2.05, 4.69) is 0 Å². The van der Waals surface area contributed by atoms with Crippen molar-refractivity contribution < 1.29 is 28.5 Å². The third kappa shape index (κ3) is 3.90. The van der Waals surface area contributed by atoms with Gasteiger partial charge in [0.25, 0.3) is 0 Å². The molecule has 0 aliphatic carbocycles. The molecule has 0 N–H and O–H groups in total. The Morgan fingerprint density at radius 2 is 1.29 bits per heavy atom. The van der Waals surface area contributed by atoms with E-state index in [1.54, 1.807) is 44.6 Å². The van der Waals surface area contributed by atoms with E-state index in [0.29, 0.717) is 28.6 Å². The van der Waals surface area contributed by atoms with E-state index in [0.717, 1.165) is 5.56 Å². The van der Waals surface area contributed by atoms with Gasteiger partial charge < -0.3 is 23.7 Å². The van der Waals surface area contributed by atoms with Crippen LogP contribution in [0.4, 0.5) is 0 Å². The molecule has 0 aromatic heterocycles. The highest BCUT2D eigenvalue weighted by atomic mass is 16.5. The smallest absolute Gasteiger partial charge is 0.338 e. The van der Waals surface area contributed by atoms with E-state index in [1.165, 1.54) is 14.2 Å². The lowest BCUT2D eigenvalue weighted by atomic mass is 10.2. The van der Waals surface area contributed by atoms with Gasteiger partial charge in [0.1, 0.15) is 6.61 Å². The number of benzene rings is 2. The van der Waals surface area contributed by atoms with Gasteiger partial charge in [-0.05, 0) is 35.9 Å². The SMILES string of the molecule is COc1ccc(COC(=O)c2ccc(OC)c(OC)c2)cc1OC. The van der Waals surface area contributed by atoms with Crippen LogP contribution in [0.3, 0.4) is 0 Å². The lowest BCUT2D eigenvalue weighted by Gasteiger charge is -2.11. The van der Waals surface area contributed by atoms with Gasteiger partial charge in [0.15, 0.2) is 23.0 Å². The fraction of sp³-hybridized carbons (Fsp3) is 0.278. The second-order valence-electron chi connectivity index (χ2n) is 4.84. The maximum absolute atomic E-state index is 12.2. The first kappa shape index (κ1) is 17.5. The van der Waals surface area contributed by atoms with Gasteiger partial charge in [-0.2, -0.15) is 0 Å². The highest BCUT2D eigenvalue weighted by molar-refractivity contribution is 5.90. The second kappa shape index (κ2) is 8.10. The maximum atomic E-state index is 12.2. The van der Waals surface area contributed by atoms with Gasteiger partial charge >= 0.3 is 5.97 Å². The van der Waals surface area contributed by atoms with Gasteiger partial charge in [-0.25, -0.2) is 4.79 Å². The summed E-state index contributed by atoms with van der Waals surface area (Å²) in [6.45, 7) is 0.119. The standard InChI is InChI=1S/C18H20O6/c1-20-14-7-5-12(9-16(14)22-3)11-24-18(19)13-6-8-15(21-2)17(10-13)23-4/h5-10H,11H2,1-4H3. The van der Waals surface area contributed by atoms with Crippen molar-refractivity contribution in [3.05, 3.63) is 47.5 Å². The van der Waals surface area contributed by atoms with Crippen molar-refractivity contribution in [2.24, 2.45) is 0 Å². The summed E-state index contributed by atoms with van der Waals surface area (Å²) in [6, 6.07) is 10.2. The molecule has 24 heavy (non-hydrogen) atoms. The molecular formula is C18H20O6. The Bertz CT molecular complexity index is 711. The number of hydrogen-bond acceptors (Lipinski definition) is 6. The number of hydrogen-bond donors (Lipinski definition) is 0. The van der Waals surface area contributed by atoms with E-state index in [4.69, 9.17) is 23.7 Å². The molecule has 0 aliphatic heterocycles. The first-order valence-electron chi connectivity index (χ1n) is 7.23. The predicted octanol–water partition coefficient (Wildman–Crippen LogP) is 3.08. The van der Waals surface area contributed by atoms with Crippen LogP contribution in [0.5, 0.6) is 23.0 Å². The summed E-state index contributed by atoms with van der Waals surface area (Å²) in [4.78, 5) is 12.2. The number of ether oxygens (including phenoxy) is 5. The Kier molecular flexibility index (Phi) is 5.89. The van der Waals surface area contributed by atoms with Crippen molar-refractivity contribution in [1.29, 1.82) is 0 Å². The summed E-state index contributed by atoms with van der Waals surface area (Å²) in [6.07, 6.45) is 0. The molecule has 0 bridgehead atoms. The maximum Gasteiger partial charge on any atom is 0.338 e. The van der Waals surface area contributed by atoms with Crippen LogP contribution in [0.2, 0.25) is 0 Å². The molecule has 0 atom stereocenters. The van der Waals surface area contributed by atoms with Crippen LogP contribution in [-0.2, 0) is 11.3 Å². The monoisotopic (exact) mass is 332 g/mol. The van der Waals surface area contributed by atoms with Crippen LogP contribution in [0, 0.1) is 0 Å². The van der Waals surface area contributed by atoms with Crippen molar-refractivity contribution in [3.8, 4) is 23.0 Å². The number of methoxy groups -OCH3 is 4. The zero-order valence-electron chi connectivity index (χ0n) is 14.1. The molecule has 0 unspecified atom stereocenters. The Balaban J connectivity index is 2.08. The Morgan fingerprint density at radius 1 is 0.750 bits per heavy atom. The molecule has 0 fully saturated rings. The molecular weight excluding hydrogens is 312 g/mol. The van der Waals surface area contributed by atoms with Gasteiger partial charge in [0.2, 0.25) is 0 Å². The van der Waals surface area contributed by atoms with Crippen molar-refractivity contribution in [2.45, 2.75) is 6.61 Å². The fourth-order valence-corrected chi connectivity index (χ4v) is 2.17. The van der Waals surface area contributed by atoms with Crippen molar-refractivity contribution in [3.63, 3.8) is 0 Å². The highest BCUT2D eigenvalue weighted by Crippen LogP contribution is 2.29. The molecule has 0 saturated heterocycles. The van der Waals surface area contributed by atoms with Gasteiger partial charge in [-0.1, -0.05) is 6.07 Å². The van der Waals surface area contributed by atoms with Crippen molar-refractivity contribution >= 4 is 5.97 Å². The van der Waals surface area contributed by atoms with Crippen molar-refractivity contribution in [1.82, 2.24) is 0 Å². The summed E-state index contributed by atoms with van der Waals surface area (Å²) in [5.74, 6) is 1.77. The van der Waals surface area contributed by atoms with Crippen molar-refractivity contribution in [2.75, 3.05) is 28.4 Å². The lowest BCUT2D eigenvalue weighted by Crippen LogP contribution is -2.06. The summed E-state index contributed by atoms with van der Waals surface area (Å²) >= 11 is 0. The summed E-state index contributed by atoms with van der Waals surface area (Å²) in [7, 11) is 6.16. The zero-order valence-corrected chi connectivity index (χ0v) is 14.1. The van der Waals surface area contributed by atoms with Gasteiger partial charge in [-0.3, -0.25) is 0 Å². The Morgan fingerprint density at radius 3 is 1.88 bits per heavy atom. The van der Waals surface area contributed by atoms with E-state index >= 15 is 0 Å². The Hall–Kier alpha value is -2.89. The minimum absolute atomic E-state index is 0.119. The van der Waals surface area contributed by atoms with Crippen LogP contribution in [0.1, 0.15) is 15.9 Å². The third-order valence-corrected chi connectivity index (χ3v) is 3.44. The average Bonchev–Trinajstić information content (AvgIpc) is 2.64. The molecule has 0 radical (unpaired) electrons. The molecule has 6 nitrogen and oxygen atoms in total. The fourth-order valence-electron chi connectivity index (χ4n) is 2.17. The van der Waals surface area contributed by atoms with Crippen LogP contribution < -0.4 is 18.9 Å². The van der Waals surface area contributed by atoms with Crippen LogP contribution in [0.15, 0.2) is 36.4 Å². The molecule has 2 aromatic carbocycles. The van der Waals surface area contributed by atoms with E-state index in [1.807, 2.05) is 6.07 Å². The lowest BCUT2D eigenvalue weighted by molar-refractivity contribution is 0.0472. The molecule has 0 heterocycles. The van der Waals surface area contributed by atoms with Crippen LogP contribution >= 0.6 is 0 Å². The summed E-state index contributed by atoms with van der Waals surface area (Å²) in [5, 5.41) is 0. The van der Waals surface area contributed by atoms with E-state index in [-0.39, 0.29) is 6.61 Å². The molecule has 2 rings (SSSR count). The topological polar surface area (TPSA) is 63.2 Å². The number of rotatable bonds is 7. The second-order valence-corrected chi connectivity index (χ2v) is 4.84. The first-order chi connectivity index (χ1) is 11.6. The van der Waals surface area contributed by atoms with Crippen LogP contribution in [0.25, 0.3) is 0 Å². The Labute approximate surface area is 140 Å². The van der Waals surface area contributed by atoms with E-state index < -0.39 is 5.97 Å². The molecule has 0 saturated carbocycles. The third-order valence-electron chi connectivity index (χ3n) is 3.44. The molecule has 0 aliphatic rings. The first-order valence-corrected chi connectivity index (χ1v) is 7.23. The zero-order chi connectivity index (χ0) is 17.5. The number of esters is 1. The molecule has 128 valence electrons. The van der Waals surface area contributed by atoms with Crippen LogP contribution in [-0.4, -0.2) is 34.4 Å². The largest absolute Gasteiger partial charge is 0.493 e. The number of carbonyl (C=O) groups is 1. The van der Waals surface area contributed by atoms with Gasteiger partial charge in [-0.15, -0.1) is 0 Å². The molecule has 6 heteroatoms. The van der Waals surface area contributed by atoms with Gasteiger partial charge in [0.05, 0.1) is 34.0 Å². The molecule has 2 aromatic rings. The van der Waals surface area contributed by atoms with E-state index in [9.17, 15) is 4.79 Å². The molecule has 0 amide bonds. The predicted molar refractivity (Wildman–Crippen MR) is 88.2 cm³/mol. The quantitative estimate of drug-likeness (QED) is 0.726. The summed E-state index contributed by atoms with van der Waals surface area (Å²) < 4.78 is 26.1. The number of carbonyl (C=O) groups excluding carboxylic acids is 1. The van der Waals surface area contributed by atoms with Gasteiger partial charge in [0, 0.05) is 0 Å².